The first kappa shape index (κ1) is 26.5. The van der Waals surface area contributed by atoms with E-state index in [0.717, 1.165) is 0 Å². The van der Waals surface area contributed by atoms with Crippen molar-refractivity contribution in [2.45, 2.75) is 13.8 Å². The van der Waals surface area contributed by atoms with Crippen LogP contribution in [0.15, 0.2) is 46.3 Å². The highest BCUT2D eigenvalue weighted by Crippen LogP contribution is 2.38. The van der Waals surface area contributed by atoms with Crippen LogP contribution in [0.3, 0.4) is 0 Å². The Morgan fingerprint density at radius 2 is 1.94 bits per heavy atom. The first-order chi connectivity index (χ1) is 16.7. The molecule has 2 aromatic rings. The van der Waals surface area contributed by atoms with E-state index in [0.29, 0.717) is 43.0 Å². The molecule has 0 radical (unpaired) electrons. The van der Waals surface area contributed by atoms with E-state index in [-0.39, 0.29) is 24.7 Å². The average molecular weight is 610 g/mol. The van der Waals surface area contributed by atoms with E-state index in [4.69, 9.17) is 14.2 Å². The smallest absolute Gasteiger partial charge is 0.344 e. The van der Waals surface area contributed by atoms with Crippen molar-refractivity contribution in [1.82, 2.24) is 4.90 Å². The number of aliphatic imine (C=N–C) groups is 1. The summed E-state index contributed by atoms with van der Waals surface area (Å²) in [4.78, 5) is 42.1. The van der Waals surface area contributed by atoms with Gasteiger partial charge in [0.15, 0.2) is 23.3 Å². The summed E-state index contributed by atoms with van der Waals surface area (Å²) in [5.74, 6) is -0.901. The third-order valence-electron chi connectivity index (χ3n) is 4.59. The molecule has 35 heavy (non-hydrogen) atoms. The van der Waals surface area contributed by atoms with Crippen molar-refractivity contribution in [2.24, 2.45) is 4.99 Å². The number of amides is 1. The summed E-state index contributed by atoms with van der Waals surface area (Å²) in [6, 6.07) is 9.75. The number of carbonyl (C=O) groups excluding carboxylic acids is 2. The molecule has 0 atom stereocenters. The highest BCUT2D eigenvalue weighted by molar-refractivity contribution is 14.1. The maximum atomic E-state index is 12.8. The first-order valence-electron chi connectivity index (χ1n) is 10.6. The summed E-state index contributed by atoms with van der Waals surface area (Å²) >= 11 is 3.27. The molecule has 0 saturated carbocycles. The average Bonchev–Trinajstić information content (AvgIpc) is 3.06. The molecule has 1 heterocycles. The standard InChI is InChI=1S/C24H23IN2O7S/c1-4-32-18-10-14(9-17(25)21(18)34-13-20(28)33-5-2)11-19-22(29)27(3)24(35-19)26-16-8-6-7-15(12-16)23(30)31/h6-12H,4-5,13H2,1-3H3,(H,30,31)/b19-11+,26-24?. The molecule has 1 N–H and O–H groups in total. The topological polar surface area (TPSA) is 115 Å². The van der Waals surface area contributed by atoms with E-state index in [2.05, 4.69) is 27.6 Å². The molecule has 9 nitrogen and oxygen atoms in total. The van der Waals surface area contributed by atoms with Crippen molar-refractivity contribution in [1.29, 1.82) is 0 Å². The number of thioether (sulfide) groups is 1. The number of carbonyl (C=O) groups is 3. The highest BCUT2D eigenvalue weighted by atomic mass is 127. The molecular formula is C24H23IN2O7S. The van der Waals surface area contributed by atoms with E-state index in [1.165, 1.54) is 28.8 Å². The molecule has 2 aromatic carbocycles. The lowest BCUT2D eigenvalue weighted by Crippen LogP contribution is -2.23. The van der Waals surface area contributed by atoms with Crippen molar-refractivity contribution < 1.29 is 33.7 Å². The highest BCUT2D eigenvalue weighted by Gasteiger charge is 2.30. The lowest BCUT2D eigenvalue weighted by atomic mass is 10.2. The molecule has 0 bridgehead atoms. The predicted octanol–water partition coefficient (Wildman–Crippen LogP) is 4.56. The molecule has 1 fully saturated rings. The summed E-state index contributed by atoms with van der Waals surface area (Å²) in [6.45, 7) is 3.96. The summed E-state index contributed by atoms with van der Waals surface area (Å²) < 4.78 is 17.0. The second-order valence-corrected chi connectivity index (χ2v) is 9.25. The Morgan fingerprint density at radius 3 is 2.63 bits per heavy atom. The van der Waals surface area contributed by atoms with Gasteiger partial charge in [0.1, 0.15) is 0 Å². The molecule has 11 heteroatoms. The lowest BCUT2D eigenvalue weighted by Gasteiger charge is -2.14. The van der Waals surface area contributed by atoms with Gasteiger partial charge in [-0.2, -0.15) is 0 Å². The Labute approximate surface area is 220 Å². The maximum absolute atomic E-state index is 12.8. The zero-order valence-corrected chi connectivity index (χ0v) is 22.2. The Bertz CT molecular complexity index is 1210. The van der Waals surface area contributed by atoms with Gasteiger partial charge in [-0.15, -0.1) is 0 Å². The summed E-state index contributed by atoms with van der Waals surface area (Å²) in [7, 11) is 1.61. The van der Waals surface area contributed by atoms with E-state index in [1.807, 2.05) is 13.0 Å². The number of hydrogen-bond acceptors (Lipinski definition) is 8. The second kappa shape index (κ2) is 12.1. The number of amidine groups is 1. The molecule has 1 aliphatic heterocycles. The number of hydrogen-bond donors (Lipinski definition) is 1. The van der Waals surface area contributed by atoms with Crippen LogP contribution in [-0.4, -0.2) is 59.9 Å². The van der Waals surface area contributed by atoms with Crippen LogP contribution in [0.25, 0.3) is 6.08 Å². The van der Waals surface area contributed by atoms with Gasteiger partial charge in [0.25, 0.3) is 5.91 Å². The van der Waals surface area contributed by atoms with Gasteiger partial charge in [-0.3, -0.25) is 9.69 Å². The molecule has 1 amide bonds. The number of carboxylic acids is 1. The zero-order valence-electron chi connectivity index (χ0n) is 19.2. The van der Waals surface area contributed by atoms with E-state index < -0.39 is 11.9 Å². The van der Waals surface area contributed by atoms with Gasteiger partial charge in [-0.25, -0.2) is 14.6 Å². The fraction of sp³-hybridized carbons (Fsp3) is 0.250. The molecule has 0 spiro atoms. The Kier molecular flexibility index (Phi) is 9.15. The predicted molar refractivity (Wildman–Crippen MR) is 141 cm³/mol. The summed E-state index contributed by atoms with van der Waals surface area (Å²) in [5.41, 5.74) is 1.26. The van der Waals surface area contributed by atoms with Gasteiger partial charge < -0.3 is 19.3 Å². The summed E-state index contributed by atoms with van der Waals surface area (Å²) in [5, 5.41) is 9.62. The van der Waals surface area contributed by atoms with Crippen molar-refractivity contribution in [3.8, 4) is 11.5 Å². The van der Waals surface area contributed by atoms with Crippen LogP contribution in [0.5, 0.6) is 11.5 Å². The minimum absolute atomic E-state index is 0.114. The van der Waals surface area contributed by atoms with Crippen LogP contribution in [0.4, 0.5) is 5.69 Å². The number of benzene rings is 2. The maximum Gasteiger partial charge on any atom is 0.344 e. The van der Waals surface area contributed by atoms with Crippen molar-refractivity contribution in [3.05, 3.63) is 56.0 Å². The molecular weight excluding hydrogens is 587 g/mol. The number of likely N-dealkylation sites (N-methyl/N-ethyl adjacent to an activating group) is 1. The van der Waals surface area contributed by atoms with Crippen LogP contribution >= 0.6 is 34.4 Å². The van der Waals surface area contributed by atoms with Crippen molar-refractivity contribution in [3.63, 3.8) is 0 Å². The molecule has 0 aliphatic carbocycles. The van der Waals surface area contributed by atoms with Gasteiger partial charge in [-0.05, 0) is 90.2 Å². The Morgan fingerprint density at radius 1 is 1.17 bits per heavy atom. The molecule has 0 unspecified atom stereocenters. The van der Waals surface area contributed by atoms with Gasteiger partial charge in [0.05, 0.1) is 32.9 Å². The first-order valence-corrected chi connectivity index (χ1v) is 12.5. The number of halogens is 1. The SMILES string of the molecule is CCOC(=O)COc1c(I)cc(/C=C2/SC(=Nc3cccc(C(=O)O)c3)N(C)C2=O)cc1OCC. The fourth-order valence-corrected chi connectivity index (χ4v) is 4.80. The second-order valence-electron chi connectivity index (χ2n) is 7.08. The van der Waals surface area contributed by atoms with Crippen molar-refractivity contribution >= 4 is 69.1 Å². The molecule has 0 aromatic heterocycles. The minimum atomic E-state index is -1.05. The number of esters is 1. The fourth-order valence-electron chi connectivity index (χ4n) is 3.03. The van der Waals surface area contributed by atoms with Crippen LogP contribution < -0.4 is 9.47 Å². The van der Waals surface area contributed by atoms with Gasteiger partial charge >= 0.3 is 11.9 Å². The minimum Gasteiger partial charge on any atom is -0.490 e. The normalized spacial score (nSPS) is 15.5. The van der Waals surface area contributed by atoms with Crippen LogP contribution in [0.2, 0.25) is 0 Å². The number of aromatic carboxylic acids is 1. The Balaban J connectivity index is 1.88. The quantitative estimate of drug-likeness (QED) is 0.250. The van der Waals surface area contributed by atoms with Gasteiger partial charge in [0, 0.05) is 7.05 Å². The molecule has 184 valence electrons. The third kappa shape index (κ3) is 6.75. The monoisotopic (exact) mass is 610 g/mol. The van der Waals surface area contributed by atoms with Gasteiger partial charge in [-0.1, -0.05) is 6.07 Å². The van der Waals surface area contributed by atoms with E-state index in [9.17, 15) is 19.5 Å². The molecule has 1 saturated heterocycles. The van der Waals surface area contributed by atoms with Crippen molar-refractivity contribution in [2.75, 3.05) is 26.9 Å². The largest absolute Gasteiger partial charge is 0.490 e. The Hall–Kier alpha value is -3.06. The number of ether oxygens (including phenoxy) is 3. The van der Waals surface area contributed by atoms with E-state index in [1.54, 1.807) is 38.2 Å². The molecule has 1 aliphatic rings. The van der Waals surface area contributed by atoms with Crippen LogP contribution in [-0.2, 0) is 14.3 Å². The summed E-state index contributed by atoms with van der Waals surface area (Å²) in [6.07, 6.45) is 1.72. The zero-order chi connectivity index (χ0) is 25.5. The van der Waals surface area contributed by atoms with E-state index >= 15 is 0 Å². The molecule has 3 rings (SSSR count). The van der Waals surface area contributed by atoms with Crippen LogP contribution in [0, 0.1) is 3.57 Å². The lowest BCUT2D eigenvalue weighted by molar-refractivity contribution is -0.145. The van der Waals surface area contributed by atoms with Gasteiger partial charge in [0.2, 0.25) is 0 Å². The number of rotatable bonds is 9. The third-order valence-corrected chi connectivity index (χ3v) is 6.45. The number of carboxylic acid groups (broad SMARTS) is 1. The number of nitrogens with zero attached hydrogens (tertiary/aromatic N) is 2. The van der Waals surface area contributed by atoms with Crippen LogP contribution in [0.1, 0.15) is 29.8 Å².